The third-order valence-corrected chi connectivity index (χ3v) is 3.94. The van der Waals surface area contributed by atoms with Crippen LogP contribution in [0.1, 0.15) is 51.9 Å². The molecular weight excluding hydrogens is 132 g/mol. The van der Waals surface area contributed by atoms with E-state index in [1.165, 1.54) is 25.7 Å². The van der Waals surface area contributed by atoms with Gasteiger partial charge in [0.1, 0.15) is 0 Å². The van der Waals surface area contributed by atoms with Crippen molar-refractivity contribution in [3.63, 3.8) is 0 Å². The van der Waals surface area contributed by atoms with Gasteiger partial charge in [0.25, 0.3) is 0 Å². The highest BCUT2D eigenvalue weighted by molar-refractivity contribution is 4.84. The van der Waals surface area contributed by atoms with Crippen LogP contribution in [-0.4, -0.2) is 0 Å². The van der Waals surface area contributed by atoms with Crippen molar-refractivity contribution >= 4 is 0 Å². The summed E-state index contributed by atoms with van der Waals surface area (Å²) < 4.78 is 0. The van der Waals surface area contributed by atoms with E-state index < -0.39 is 0 Å². The first-order valence-corrected chi connectivity index (χ1v) is 5.38. The summed E-state index contributed by atoms with van der Waals surface area (Å²) >= 11 is 0. The van der Waals surface area contributed by atoms with Crippen LogP contribution >= 0.6 is 0 Å². The van der Waals surface area contributed by atoms with Crippen molar-refractivity contribution in [3.8, 4) is 0 Å². The molecule has 0 amide bonds. The zero-order valence-corrected chi connectivity index (χ0v) is 7.68. The molecule has 64 valence electrons. The van der Waals surface area contributed by atoms with Gasteiger partial charge in [0.2, 0.25) is 0 Å². The molecule has 2 atom stereocenters. The second-order valence-corrected chi connectivity index (χ2v) is 4.62. The lowest BCUT2D eigenvalue weighted by atomic mass is 9.64. The molecule has 0 aromatic rings. The lowest BCUT2D eigenvalue weighted by Gasteiger charge is -2.41. The largest absolute Gasteiger partial charge is 0.0622 e. The molecule has 0 heterocycles. The molecule has 0 saturated heterocycles. The van der Waals surface area contributed by atoms with Gasteiger partial charge < -0.3 is 0 Å². The van der Waals surface area contributed by atoms with E-state index in [0.717, 1.165) is 17.8 Å². The standard InChI is InChI=1S/C11H20/c1-9-7-8-11(9)10-5-3-2-4-6-10/h9-11H,2-8H2,1H3. The first-order valence-electron chi connectivity index (χ1n) is 5.38. The fraction of sp³-hybridized carbons (Fsp3) is 1.00. The van der Waals surface area contributed by atoms with Crippen LogP contribution in [0.3, 0.4) is 0 Å². The highest BCUT2D eigenvalue weighted by Crippen LogP contribution is 2.44. The van der Waals surface area contributed by atoms with E-state index in [0.29, 0.717) is 0 Å². The van der Waals surface area contributed by atoms with E-state index in [1.54, 1.807) is 19.3 Å². The predicted octanol–water partition coefficient (Wildman–Crippen LogP) is 3.61. The quantitative estimate of drug-likeness (QED) is 0.538. The second-order valence-electron chi connectivity index (χ2n) is 4.62. The zero-order valence-electron chi connectivity index (χ0n) is 7.68. The zero-order chi connectivity index (χ0) is 7.68. The van der Waals surface area contributed by atoms with Gasteiger partial charge in [-0.15, -0.1) is 0 Å². The summed E-state index contributed by atoms with van der Waals surface area (Å²) in [6.45, 7) is 2.45. The Hall–Kier alpha value is 0. The first kappa shape index (κ1) is 7.64. The molecule has 0 bridgehead atoms. The van der Waals surface area contributed by atoms with Crippen molar-refractivity contribution in [2.75, 3.05) is 0 Å². The molecule has 2 aliphatic rings. The van der Waals surface area contributed by atoms with Crippen LogP contribution in [0.25, 0.3) is 0 Å². The molecule has 2 unspecified atom stereocenters. The Morgan fingerprint density at radius 3 is 2.00 bits per heavy atom. The lowest BCUT2D eigenvalue weighted by Crippen LogP contribution is -2.31. The molecular formula is C11H20. The normalized spacial score (nSPS) is 40.1. The summed E-state index contributed by atoms with van der Waals surface area (Å²) in [6, 6.07) is 0. The van der Waals surface area contributed by atoms with Crippen molar-refractivity contribution < 1.29 is 0 Å². The maximum Gasteiger partial charge on any atom is -0.0360 e. The minimum Gasteiger partial charge on any atom is -0.0622 e. The summed E-state index contributed by atoms with van der Waals surface area (Å²) in [7, 11) is 0. The van der Waals surface area contributed by atoms with Crippen LogP contribution in [-0.2, 0) is 0 Å². The molecule has 0 aromatic heterocycles. The molecule has 2 rings (SSSR count). The molecule has 0 aliphatic heterocycles. The van der Waals surface area contributed by atoms with Crippen molar-refractivity contribution in [2.24, 2.45) is 17.8 Å². The summed E-state index contributed by atoms with van der Waals surface area (Å²) in [4.78, 5) is 0. The van der Waals surface area contributed by atoms with Gasteiger partial charge >= 0.3 is 0 Å². The Bertz CT molecular complexity index is 122. The van der Waals surface area contributed by atoms with Gasteiger partial charge in [0.05, 0.1) is 0 Å². The molecule has 0 spiro atoms. The van der Waals surface area contributed by atoms with Gasteiger partial charge in [-0.1, -0.05) is 45.4 Å². The van der Waals surface area contributed by atoms with Crippen molar-refractivity contribution in [1.82, 2.24) is 0 Å². The average molecular weight is 152 g/mol. The van der Waals surface area contributed by atoms with E-state index in [-0.39, 0.29) is 0 Å². The maximum atomic E-state index is 2.45. The molecule has 0 radical (unpaired) electrons. The molecule has 2 saturated carbocycles. The smallest absolute Gasteiger partial charge is 0.0360 e. The fourth-order valence-corrected chi connectivity index (χ4v) is 2.96. The van der Waals surface area contributed by atoms with Gasteiger partial charge in [-0.3, -0.25) is 0 Å². The van der Waals surface area contributed by atoms with E-state index in [1.807, 2.05) is 0 Å². The van der Waals surface area contributed by atoms with Crippen molar-refractivity contribution in [1.29, 1.82) is 0 Å². The van der Waals surface area contributed by atoms with Crippen LogP contribution in [0, 0.1) is 17.8 Å². The summed E-state index contributed by atoms with van der Waals surface area (Å²) in [5.41, 5.74) is 0. The van der Waals surface area contributed by atoms with Gasteiger partial charge in [-0.05, 0) is 24.2 Å². The predicted molar refractivity (Wildman–Crippen MR) is 48.5 cm³/mol. The topological polar surface area (TPSA) is 0 Å². The van der Waals surface area contributed by atoms with E-state index in [9.17, 15) is 0 Å². The first-order chi connectivity index (χ1) is 5.38. The molecule has 2 fully saturated rings. The fourth-order valence-electron chi connectivity index (χ4n) is 2.96. The van der Waals surface area contributed by atoms with Crippen LogP contribution in [0.2, 0.25) is 0 Å². The summed E-state index contributed by atoms with van der Waals surface area (Å²) in [6.07, 6.45) is 10.7. The van der Waals surface area contributed by atoms with Gasteiger partial charge in [0.15, 0.2) is 0 Å². The third-order valence-electron chi connectivity index (χ3n) is 3.94. The van der Waals surface area contributed by atoms with Crippen molar-refractivity contribution in [3.05, 3.63) is 0 Å². The van der Waals surface area contributed by atoms with E-state index in [2.05, 4.69) is 6.92 Å². The highest BCUT2D eigenvalue weighted by atomic mass is 14.4. The molecule has 0 heteroatoms. The van der Waals surface area contributed by atoms with Crippen molar-refractivity contribution in [2.45, 2.75) is 51.9 Å². The van der Waals surface area contributed by atoms with E-state index in [4.69, 9.17) is 0 Å². The van der Waals surface area contributed by atoms with Gasteiger partial charge in [-0.25, -0.2) is 0 Å². The van der Waals surface area contributed by atoms with Gasteiger partial charge in [0, 0.05) is 0 Å². The SMILES string of the molecule is CC1CCC1C1CCCCC1. The Balaban J connectivity index is 1.83. The minimum absolute atomic E-state index is 1.07. The van der Waals surface area contributed by atoms with Crippen LogP contribution in [0.15, 0.2) is 0 Å². The molecule has 0 nitrogen and oxygen atoms in total. The second kappa shape index (κ2) is 3.16. The lowest BCUT2D eigenvalue weighted by molar-refractivity contribution is 0.0920. The summed E-state index contributed by atoms with van der Waals surface area (Å²) in [5.74, 6) is 3.33. The number of rotatable bonds is 1. The average Bonchev–Trinajstić information content (AvgIpc) is 2.04. The monoisotopic (exact) mass is 152 g/mol. The maximum absolute atomic E-state index is 2.45. The Morgan fingerprint density at radius 1 is 0.818 bits per heavy atom. The van der Waals surface area contributed by atoms with Crippen LogP contribution in [0.4, 0.5) is 0 Å². The molecule has 0 N–H and O–H groups in total. The number of hydrogen-bond acceptors (Lipinski definition) is 0. The Labute approximate surface area is 70.4 Å². The Morgan fingerprint density at radius 2 is 1.55 bits per heavy atom. The van der Waals surface area contributed by atoms with Gasteiger partial charge in [-0.2, -0.15) is 0 Å². The molecule has 0 aromatic carbocycles. The third kappa shape index (κ3) is 1.45. The molecule has 2 aliphatic carbocycles. The van der Waals surface area contributed by atoms with E-state index >= 15 is 0 Å². The number of hydrogen-bond donors (Lipinski definition) is 0. The minimum atomic E-state index is 1.07. The van der Waals surface area contributed by atoms with Crippen LogP contribution in [0.5, 0.6) is 0 Å². The highest BCUT2D eigenvalue weighted by Gasteiger charge is 2.33. The Kier molecular flexibility index (Phi) is 2.20. The molecule has 11 heavy (non-hydrogen) atoms. The van der Waals surface area contributed by atoms with Crippen LogP contribution < -0.4 is 0 Å². The summed E-state index contributed by atoms with van der Waals surface area (Å²) in [5, 5.41) is 0.